The summed E-state index contributed by atoms with van der Waals surface area (Å²) in [5.74, 6) is -4.16. The smallest absolute Gasteiger partial charge is 0.547 e. The van der Waals surface area contributed by atoms with Gasteiger partial charge in [0.05, 0.1) is 11.9 Å². The zero-order valence-corrected chi connectivity index (χ0v) is 14.0. The summed E-state index contributed by atoms with van der Waals surface area (Å²) >= 11 is 0. The molecule has 7 nitrogen and oxygen atoms in total. The largest absolute Gasteiger partial charge is 1.00 e. The standard InChI is InChI=1S/C5H8O7.2K/c6-1(2(7)4(9)10)3(8)5(11)12;;/h1-3,6-8H,(H,9,10)(H,11,12);;/q;2*+1/p-2/t1-,2-,3+;;. The number of carboxylic acids is 2. The van der Waals surface area contributed by atoms with Gasteiger partial charge in [0.15, 0.2) is 0 Å². The first-order valence-electron chi connectivity index (χ1n) is 2.84. The minimum absolute atomic E-state index is 0. The van der Waals surface area contributed by atoms with Crippen molar-refractivity contribution in [3.8, 4) is 0 Å². The van der Waals surface area contributed by atoms with E-state index < -0.39 is 30.3 Å². The number of aliphatic hydroxyl groups is 3. The Balaban J connectivity index is -0.000000605. The second-order valence-corrected chi connectivity index (χ2v) is 2.02. The van der Waals surface area contributed by atoms with E-state index in [1.807, 2.05) is 0 Å². The van der Waals surface area contributed by atoms with Gasteiger partial charge >= 0.3 is 103 Å². The van der Waals surface area contributed by atoms with Crippen LogP contribution in [-0.4, -0.2) is 45.6 Å². The molecule has 0 fully saturated rings. The number of carbonyl (C=O) groups excluding carboxylic acids is 2. The van der Waals surface area contributed by atoms with Crippen molar-refractivity contribution in [2.24, 2.45) is 0 Å². The molecule has 0 aliphatic rings. The van der Waals surface area contributed by atoms with Crippen molar-refractivity contribution >= 4 is 11.9 Å². The molecule has 0 saturated carbocycles. The second-order valence-electron chi connectivity index (χ2n) is 2.02. The summed E-state index contributed by atoms with van der Waals surface area (Å²) in [6.45, 7) is 0. The van der Waals surface area contributed by atoms with Crippen LogP contribution in [0.25, 0.3) is 0 Å². The summed E-state index contributed by atoms with van der Waals surface area (Å²) < 4.78 is 0. The van der Waals surface area contributed by atoms with Gasteiger partial charge in [-0.15, -0.1) is 0 Å². The number of hydrogen-bond acceptors (Lipinski definition) is 7. The Morgan fingerprint density at radius 3 is 1.21 bits per heavy atom. The van der Waals surface area contributed by atoms with E-state index in [9.17, 15) is 19.8 Å². The molecule has 0 saturated heterocycles. The van der Waals surface area contributed by atoms with Crippen LogP contribution in [0.1, 0.15) is 0 Å². The molecule has 0 aromatic rings. The van der Waals surface area contributed by atoms with E-state index in [4.69, 9.17) is 15.3 Å². The number of aliphatic hydroxyl groups excluding tert-OH is 3. The van der Waals surface area contributed by atoms with Gasteiger partial charge in [-0.2, -0.15) is 0 Å². The fourth-order valence-corrected chi connectivity index (χ4v) is 0.452. The molecule has 0 radical (unpaired) electrons. The van der Waals surface area contributed by atoms with Crippen LogP contribution < -0.4 is 113 Å². The molecule has 70 valence electrons. The summed E-state index contributed by atoms with van der Waals surface area (Å²) in [6.07, 6.45) is -7.28. The van der Waals surface area contributed by atoms with Crippen LogP contribution in [0.15, 0.2) is 0 Å². The molecule has 9 heteroatoms. The molecule has 0 aromatic heterocycles. The first kappa shape index (κ1) is 21.4. The minimum atomic E-state index is -2.46. The molecule has 0 spiro atoms. The molecule has 0 bridgehead atoms. The van der Waals surface area contributed by atoms with Gasteiger partial charge in [-0.05, 0) is 0 Å². The Morgan fingerprint density at radius 2 is 1.07 bits per heavy atom. The van der Waals surface area contributed by atoms with Crippen molar-refractivity contribution in [1.29, 1.82) is 0 Å². The summed E-state index contributed by atoms with van der Waals surface area (Å²) in [4.78, 5) is 19.6. The van der Waals surface area contributed by atoms with Crippen molar-refractivity contribution < 1.29 is 138 Å². The summed E-state index contributed by atoms with van der Waals surface area (Å²) in [7, 11) is 0. The van der Waals surface area contributed by atoms with Crippen LogP contribution >= 0.6 is 0 Å². The third kappa shape index (κ3) is 7.38. The Bertz CT molecular complexity index is 177. The van der Waals surface area contributed by atoms with Crippen LogP contribution in [0.2, 0.25) is 0 Å². The average Bonchev–Trinajstić information content (AvgIpc) is 2.00. The zero-order valence-electron chi connectivity index (χ0n) is 7.71. The molecule has 0 rings (SSSR count). The quantitative estimate of drug-likeness (QED) is 0.424. The van der Waals surface area contributed by atoms with Crippen molar-refractivity contribution in [2.75, 3.05) is 0 Å². The third-order valence-electron chi connectivity index (χ3n) is 1.13. The molecule has 0 aliphatic carbocycles. The number of aliphatic carboxylic acids is 2. The Morgan fingerprint density at radius 1 is 0.857 bits per heavy atom. The zero-order chi connectivity index (χ0) is 9.89. The molecule has 0 unspecified atom stereocenters. The van der Waals surface area contributed by atoms with Gasteiger partial charge in [0.1, 0.15) is 18.3 Å². The number of rotatable bonds is 4. The first-order valence-corrected chi connectivity index (χ1v) is 2.84. The van der Waals surface area contributed by atoms with Gasteiger partial charge in [0.2, 0.25) is 0 Å². The maximum atomic E-state index is 9.82. The van der Waals surface area contributed by atoms with E-state index in [0.717, 1.165) is 0 Å². The Kier molecular flexibility index (Phi) is 15.7. The van der Waals surface area contributed by atoms with Crippen LogP contribution in [0.3, 0.4) is 0 Å². The summed E-state index contributed by atoms with van der Waals surface area (Å²) in [5.41, 5.74) is 0. The fraction of sp³-hybridized carbons (Fsp3) is 0.600. The molecule has 3 N–H and O–H groups in total. The van der Waals surface area contributed by atoms with Gasteiger partial charge in [-0.25, -0.2) is 0 Å². The van der Waals surface area contributed by atoms with Crippen LogP contribution in [0.4, 0.5) is 0 Å². The predicted octanol–water partition coefficient (Wildman–Crippen LogP) is -11.4. The Hall–Kier alpha value is 2.09. The summed E-state index contributed by atoms with van der Waals surface area (Å²) in [6, 6.07) is 0. The van der Waals surface area contributed by atoms with Crippen LogP contribution in [0, 0.1) is 0 Å². The molecule has 0 heterocycles. The third-order valence-corrected chi connectivity index (χ3v) is 1.13. The number of hydrogen-bond donors (Lipinski definition) is 3. The van der Waals surface area contributed by atoms with E-state index in [2.05, 4.69) is 0 Å². The normalized spacial score (nSPS) is 15.4. The summed E-state index contributed by atoms with van der Waals surface area (Å²) in [5, 5.41) is 45.1. The van der Waals surface area contributed by atoms with Gasteiger partial charge in [-0.1, -0.05) is 0 Å². The van der Waals surface area contributed by atoms with Crippen molar-refractivity contribution in [1.82, 2.24) is 0 Å². The first-order chi connectivity index (χ1) is 5.37. The second kappa shape index (κ2) is 10.3. The molecule has 0 aromatic carbocycles. The molecular weight excluding hydrogens is 250 g/mol. The van der Waals surface area contributed by atoms with Crippen molar-refractivity contribution in [3.05, 3.63) is 0 Å². The Labute approximate surface area is 164 Å². The van der Waals surface area contributed by atoms with E-state index >= 15 is 0 Å². The average molecular weight is 256 g/mol. The molecule has 3 atom stereocenters. The van der Waals surface area contributed by atoms with Crippen molar-refractivity contribution in [3.63, 3.8) is 0 Å². The molecular formula is C5H6K2O7. The maximum Gasteiger partial charge on any atom is 1.00 e. The van der Waals surface area contributed by atoms with E-state index in [1.54, 1.807) is 0 Å². The predicted molar refractivity (Wildman–Crippen MR) is 28.0 cm³/mol. The van der Waals surface area contributed by atoms with Gasteiger partial charge in [0, 0.05) is 0 Å². The fourth-order valence-electron chi connectivity index (χ4n) is 0.452. The van der Waals surface area contributed by atoms with E-state index in [0.29, 0.717) is 0 Å². The van der Waals surface area contributed by atoms with Gasteiger partial charge < -0.3 is 35.1 Å². The van der Waals surface area contributed by atoms with Crippen molar-refractivity contribution in [2.45, 2.75) is 18.3 Å². The SMILES string of the molecule is O=C([O-])[C@@H](O)[C@H](O)[C@@H](O)C(=O)[O-].[K+].[K+]. The topological polar surface area (TPSA) is 141 Å². The number of carbonyl (C=O) groups is 2. The van der Waals surface area contributed by atoms with Gasteiger partial charge in [0.25, 0.3) is 0 Å². The molecule has 14 heavy (non-hydrogen) atoms. The minimum Gasteiger partial charge on any atom is -0.547 e. The maximum absolute atomic E-state index is 9.82. The van der Waals surface area contributed by atoms with Crippen LogP contribution in [-0.2, 0) is 9.59 Å². The van der Waals surface area contributed by atoms with Crippen LogP contribution in [0.5, 0.6) is 0 Å². The van der Waals surface area contributed by atoms with E-state index in [-0.39, 0.29) is 103 Å². The molecule has 0 amide bonds. The van der Waals surface area contributed by atoms with E-state index in [1.165, 1.54) is 0 Å². The number of carboxylic acid groups (broad SMARTS) is 2. The monoisotopic (exact) mass is 256 g/mol. The molecule has 0 aliphatic heterocycles. The van der Waals surface area contributed by atoms with Gasteiger partial charge in [-0.3, -0.25) is 0 Å².